The molecule has 0 aliphatic rings. The summed E-state index contributed by atoms with van der Waals surface area (Å²) in [7, 11) is 0. The average Bonchev–Trinajstić information content (AvgIpc) is 1.00. The molecule has 0 aromatic rings. The van der Waals surface area contributed by atoms with E-state index in [1.807, 2.05) is 0 Å². The number of hydrogen-bond donors (Lipinski definition) is 0. The number of nitriles is 1. The van der Waals surface area contributed by atoms with Crippen LogP contribution in [0, 0.1) is 11.8 Å². The third-order valence-corrected chi connectivity index (χ3v) is 0. The first-order chi connectivity index (χ1) is 1.00. The Labute approximate surface area is 51.4 Å². The second-order valence-corrected chi connectivity index (χ2v) is 0. The maximum atomic E-state index is 6.50. The molecule has 0 rings (SSSR count). The van der Waals surface area contributed by atoms with Gasteiger partial charge in [0, 0.05) is 46.0 Å². The maximum absolute atomic E-state index is 6.50. The van der Waals surface area contributed by atoms with Crippen LogP contribution in [0.1, 0.15) is 0 Å². The van der Waals surface area contributed by atoms with Gasteiger partial charge < -0.3 is 0 Å². The van der Waals surface area contributed by atoms with Gasteiger partial charge in [0.25, 0.3) is 0 Å². The Morgan fingerprint density at radius 3 is 1.25 bits per heavy atom. The molecule has 0 atom stereocenters. The van der Waals surface area contributed by atoms with Crippen LogP contribution in [0.25, 0.3) is 0 Å². The van der Waals surface area contributed by atoms with Crippen LogP contribution in [0.4, 0.5) is 0 Å². The minimum Gasteiger partial charge on any atom is -0.202 e. The molecule has 0 unspecified atom stereocenters. The summed E-state index contributed by atoms with van der Waals surface area (Å²) in [5, 5.41) is 6.50. The van der Waals surface area contributed by atoms with E-state index in [1.54, 1.807) is 0 Å². The average molecular weight is 288 g/mol. The summed E-state index contributed by atoms with van der Waals surface area (Å²) in [5.74, 6) is 0. The fourth-order valence-electron chi connectivity index (χ4n) is 0. The van der Waals surface area contributed by atoms with Crippen LogP contribution in [-0.2, 0) is 39.4 Å². The summed E-state index contributed by atoms with van der Waals surface area (Å²) < 4.78 is 0. The van der Waals surface area contributed by atoms with Gasteiger partial charge >= 0.3 is 0 Å². The van der Waals surface area contributed by atoms with E-state index in [9.17, 15) is 0 Å². The third-order valence-electron chi connectivity index (χ3n) is 0. The van der Waals surface area contributed by atoms with Crippen molar-refractivity contribution in [3.05, 3.63) is 0 Å². The first-order valence-electron chi connectivity index (χ1n) is 0.258. The van der Waals surface area contributed by atoms with Crippen LogP contribution >= 0.6 is 0 Å². The topological polar surface area (TPSA) is 23.8 Å². The minimum absolute atomic E-state index is 0. The van der Waals surface area contributed by atoms with E-state index in [4.69, 9.17) is 5.26 Å². The van der Waals surface area contributed by atoms with E-state index < -0.39 is 0 Å². The van der Waals surface area contributed by atoms with E-state index in [0.29, 0.717) is 0 Å². The van der Waals surface area contributed by atoms with Crippen LogP contribution in [0.15, 0.2) is 0 Å². The molecule has 4 heavy (non-hydrogen) atoms. The van der Waals surface area contributed by atoms with Gasteiger partial charge in [-0.1, -0.05) is 0 Å². The minimum atomic E-state index is 0. The molecule has 0 aliphatic heterocycles. The first kappa shape index (κ1) is 21.8. The van der Waals surface area contributed by atoms with Gasteiger partial charge in [-0.2, -0.15) is 0 Å². The normalized spacial score (nSPS) is 0.500. The van der Waals surface area contributed by atoms with Gasteiger partial charge in [-0.15, -0.1) is 0 Å². The van der Waals surface area contributed by atoms with E-state index >= 15 is 0 Å². The number of nitrogens with zero attached hydrogens (tertiary/aromatic N) is 1. The molecule has 2 radical (unpaired) electrons. The predicted octanol–water partition coefficient (Wildman–Crippen LogP) is 0.135. The quantitative estimate of drug-likeness (QED) is 0.581. The Morgan fingerprint density at radius 1 is 1.25 bits per heavy atom. The van der Waals surface area contributed by atoms with E-state index in [-0.39, 0.29) is 39.4 Å². The Kier molecular flexibility index (Phi) is 275. The van der Waals surface area contributed by atoms with Crippen molar-refractivity contribution in [2.45, 2.75) is 0 Å². The molecule has 3 heteroatoms. The molecule has 0 amide bonds. The van der Waals surface area contributed by atoms with Crippen molar-refractivity contribution in [1.29, 1.82) is 5.26 Å². The Bertz CT molecular complexity index is 12.8. The molecule has 0 aromatic heterocycles. The molecular formula is CHAuCuN. The summed E-state index contributed by atoms with van der Waals surface area (Å²) in [5.41, 5.74) is 0. The summed E-state index contributed by atoms with van der Waals surface area (Å²) in [6.45, 7) is 3.50. The molecule has 0 N–H and O–H groups in total. The number of rotatable bonds is 0. The van der Waals surface area contributed by atoms with Crippen molar-refractivity contribution in [2.75, 3.05) is 0 Å². The zero-order valence-electron chi connectivity index (χ0n) is 1.63. The van der Waals surface area contributed by atoms with E-state index in [0.717, 1.165) is 0 Å². The second-order valence-electron chi connectivity index (χ2n) is 0. The van der Waals surface area contributed by atoms with Crippen LogP contribution in [0.5, 0.6) is 0 Å². The summed E-state index contributed by atoms with van der Waals surface area (Å²) in [4.78, 5) is 0. The molecule has 0 aromatic carbocycles. The molecule has 32 valence electrons. The molecule has 0 spiro atoms. The zero-order chi connectivity index (χ0) is 2.00. The van der Waals surface area contributed by atoms with Crippen LogP contribution < -0.4 is 0 Å². The van der Waals surface area contributed by atoms with Gasteiger partial charge in [-0.25, -0.2) is 5.26 Å². The SMILES string of the molecule is C#N.[Au].[Cu]. The Morgan fingerprint density at radius 2 is 1.25 bits per heavy atom. The Hall–Kier alpha value is 0.750. The second kappa shape index (κ2) is 50.4. The van der Waals surface area contributed by atoms with Crippen molar-refractivity contribution in [2.24, 2.45) is 0 Å². The summed E-state index contributed by atoms with van der Waals surface area (Å²) >= 11 is 0. The van der Waals surface area contributed by atoms with Crippen molar-refractivity contribution in [3.63, 3.8) is 0 Å². The fraction of sp³-hybridized carbons (Fsp3) is 0. The maximum Gasteiger partial charge on any atom is 0.0462 e. The van der Waals surface area contributed by atoms with Gasteiger partial charge in [0.2, 0.25) is 0 Å². The molecule has 0 saturated carbocycles. The molecule has 0 aliphatic carbocycles. The molecule has 0 saturated heterocycles. The zero-order valence-corrected chi connectivity index (χ0v) is 4.74. The Balaban J connectivity index is -0.00000000500. The van der Waals surface area contributed by atoms with Gasteiger partial charge in [0.1, 0.15) is 0 Å². The standard InChI is InChI=1S/CHN.Au.Cu/c1-2;;/h1H;;. The summed E-state index contributed by atoms with van der Waals surface area (Å²) in [6.07, 6.45) is 0. The van der Waals surface area contributed by atoms with E-state index in [1.165, 1.54) is 0 Å². The van der Waals surface area contributed by atoms with Crippen molar-refractivity contribution in [3.8, 4) is 6.57 Å². The van der Waals surface area contributed by atoms with Gasteiger partial charge in [-0.05, 0) is 0 Å². The smallest absolute Gasteiger partial charge is 0.0462 e. The third kappa shape index (κ3) is 15.0. The fourth-order valence-corrected chi connectivity index (χ4v) is 0. The van der Waals surface area contributed by atoms with Crippen LogP contribution in [-0.4, -0.2) is 0 Å². The first-order valence-corrected chi connectivity index (χ1v) is 0.258. The molecule has 0 bridgehead atoms. The van der Waals surface area contributed by atoms with Crippen LogP contribution in [0.3, 0.4) is 0 Å². The van der Waals surface area contributed by atoms with Crippen molar-refractivity contribution in [1.82, 2.24) is 0 Å². The number of hydrogen-bond acceptors (Lipinski definition) is 1. The predicted molar refractivity (Wildman–Crippen MR) is 6.67 cm³/mol. The molecule has 0 fully saturated rings. The monoisotopic (exact) mass is 287 g/mol. The molecular weight excluding hydrogens is 287 g/mol. The summed E-state index contributed by atoms with van der Waals surface area (Å²) in [6, 6.07) is 0. The largest absolute Gasteiger partial charge is 0.202 e. The van der Waals surface area contributed by atoms with Crippen LogP contribution in [0.2, 0.25) is 0 Å². The van der Waals surface area contributed by atoms with E-state index in [2.05, 4.69) is 6.57 Å². The van der Waals surface area contributed by atoms with Crippen molar-refractivity contribution < 1.29 is 39.4 Å². The van der Waals surface area contributed by atoms with Gasteiger partial charge in [-0.3, -0.25) is 0 Å². The molecule has 0 heterocycles. The van der Waals surface area contributed by atoms with Crippen molar-refractivity contribution >= 4 is 0 Å². The molecule has 1 nitrogen and oxygen atoms in total. The van der Waals surface area contributed by atoms with Gasteiger partial charge in [0.15, 0.2) is 0 Å². The van der Waals surface area contributed by atoms with Gasteiger partial charge in [0.05, 0.1) is 0 Å².